The number of benzene rings is 1. The number of carboxylic acid groups (broad SMARTS) is 1. The molecule has 186 valence electrons. The lowest BCUT2D eigenvalue weighted by molar-refractivity contribution is -0.137. The fraction of sp³-hybridized carbons (Fsp3) is 0.630. The van der Waals surface area contributed by atoms with Gasteiger partial charge >= 0.3 is 5.97 Å². The standard InChI is InChI=1S/C27H45N3O3/c1-18(2)21(16-19(3)25(32)33)30(10)24(31)23(26(4,5)6)29-17-22(28-9)27(7,8)20-14-12-11-13-15-20/h11-16,18,21-23,28-29H,17H2,1-10H3,(H,32,33)/b19-16+/t21-,22-,23?/m1/s1. The van der Waals surface area contributed by atoms with Gasteiger partial charge in [0, 0.05) is 30.6 Å². The monoisotopic (exact) mass is 459 g/mol. The van der Waals surface area contributed by atoms with Crippen LogP contribution in [-0.2, 0) is 15.0 Å². The van der Waals surface area contributed by atoms with Gasteiger partial charge in [0.05, 0.1) is 12.1 Å². The van der Waals surface area contributed by atoms with Gasteiger partial charge in [-0.3, -0.25) is 4.79 Å². The number of carbonyl (C=O) groups excluding carboxylic acids is 1. The fourth-order valence-electron chi connectivity index (χ4n) is 4.22. The van der Waals surface area contributed by atoms with E-state index in [1.54, 1.807) is 24.9 Å². The number of nitrogens with zero attached hydrogens (tertiary/aromatic N) is 1. The third kappa shape index (κ3) is 7.68. The zero-order chi connectivity index (χ0) is 25.6. The van der Waals surface area contributed by atoms with Crippen molar-refractivity contribution in [3.63, 3.8) is 0 Å². The predicted octanol–water partition coefficient (Wildman–Crippen LogP) is 4.07. The molecule has 3 N–H and O–H groups in total. The number of hydrogen-bond donors (Lipinski definition) is 3. The second kappa shape index (κ2) is 11.8. The van der Waals surface area contributed by atoms with Crippen molar-refractivity contribution < 1.29 is 14.7 Å². The van der Waals surface area contributed by atoms with Gasteiger partial charge in [-0.05, 0) is 30.9 Å². The van der Waals surface area contributed by atoms with Crippen LogP contribution in [0.3, 0.4) is 0 Å². The van der Waals surface area contributed by atoms with Crippen molar-refractivity contribution in [2.75, 3.05) is 20.6 Å². The first-order valence-electron chi connectivity index (χ1n) is 11.8. The van der Waals surface area contributed by atoms with E-state index in [0.717, 1.165) is 0 Å². The minimum atomic E-state index is -0.966. The van der Waals surface area contributed by atoms with E-state index in [0.29, 0.717) is 6.54 Å². The zero-order valence-corrected chi connectivity index (χ0v) is 22.2. The number of nitrogens with one attached hydrogen (secondary N) is 2. The number of carbonyl (C=O) groups is 2. The van der Waals surface area contributed by atoms with Gasteiger partial charge in [0.1, 0.15) is 0 Å². The molecular formula is C27H45N3O3. The fourth-order valence-corrected chi connectivity index (χ4v) is 4.22. The predicted molar refractivity (Wildman–Crippen MR) is 136 cm³/mol. The first-order valence-corrected chi connectivity index (χ1v) is 11.8. The molecular weight excluding hydrogens is 414 g/mol. The van der Waals surface area contributed by atoms with Crippen molar-refractivity contribution in [2.45, 2.75) is 78.9 Å². The maximum Gasteiger partial charge on any atom is 0.331 e. The number of rotatable bonds is 11. The molecule has 6 nitrogen and oxygen atoms in total. The molecule has 33 heavy (non-hydrogen) atoms. The summed E-state index contributed by atoms with van der Waals surface area (Å²) in [6, 6.07) is 9.74. The van der Waals surface area contributed by atoms with E-state index in [9.17, 15) is 14.7 Å². The summed E-state index contributed by atoms with van der Waals surface area (Å²) in [4.78, 5) is 26.7. The van der Waals surface area contributed by atoms with E-state index in [2.05, 4.69) is 57.4 Å². The molecule has 1 aromatic rings. The molecule has 0 fully saturated rings. The maximum atomic E-state index is 13.7. The van der Waals surface area contributed by atoms with Crippen molar-refractivity contribution in [1.29, 1.82) is 0 Å². The van der Waals surface area contributed by atoms with Gasteiger partial charge in [-0.2, -0.15) is 0 Å². The van der Waals surface area contributed by atoms with Crippen molar-refractivity contribution >= 4 is 11.9 Å². The molecule has 3 atom stereocenters. The minimum absolute atomic E-state index is 0.0389. The summed E-state index contributed by atoms with van der Waals surface area (Å²) in [5.74, 6) is -0.925. The smallest absolute Gasteiger partial charge is 0.331 e. The third-order valence-electron chi connectivity index (χ3n) is 6.61. The van der Waals surface area contributed by atoms with Crippen LogP contribution in [0.25, 0.3) is 0 Å². The lowest BCUT2D eigenvalue weighted by Crippen LogP contribution is -2.59. The molecule has 1 aromatic carbocycles. The summed E-state index contributed by atoms with van der Waals surface area (Å²) in [5.41, 5.74) is 1.00. The Morgan fingerprint density at radius 2 is 1.64 bits per heavy atom. The highest BCUT2D eigenvalue weighted by Gasteiger charge is 2.37. The first-order chi connectivity index (χ1) is 15.1. The van der Waals surface area contributed by atoms with E-state index in [1.807, 2.05) is 39.1 Å². The highest BCUT2D eigenvalue weighted by atomic mass is 16.4. The van der Waals surface area contributed by atoms with Crippen molar-refractivity contribution in [2.24, 2.45) is 11.3 Å². The van der Waals surface area contributed by atoms with Crippen LogP contribution in [0, 0.1) is 11.3 Å². The number of amides is 1. The van der Waals surface area contributed by atoms with E-state index in [-0.39, 0.29) is 40.3 Å². The Hall–Kier alpha value is -2.18. The molecule has 1 rings (SSSR count). The Labute approximate surface area is 200 Å². The second-order valence-corrected chi connectivity index (χ2v) is 11.0. The molecule has 1 amide bonds. The van der Waals surface area contributed by atoms with Gasteiger partial charge in [-0.25, -0.2) is 4.79 Å². The van der Waals surface area contributed by atoms with Gasteiger partial charge in [0.2, 0.25) is 5.91 Å². The minimum Gasteiger partial charge on any atom is -0.478 e. The lowest BCUT2D eigenvalue weighted by Gasteiger charge is -2.40. The molecule has 0 aliphatic heterocycles. The Morgan fingerprint density at radius 1 is 1.09 bits per heavy atom. The van der Waals surface area contributed by atoms with Gasteiger partial charge in [-0.15, -0.1) is 0 Å². The summed E-state index contributed by atoms with van der Waals surface area (Å²) in [6.07, 6.45) is 1.68. The molecule has 0 saturated carbocycles. The molecule has 6 heteroatoms. The topological polar surface area (TPSA) is 81.7 Å². The molecule has 0 bridgehead atoms. The number of carboxylic acids is 1. The van der Waals surface area contributed by atoms with Crippen molar-refractivity contribution in [3.8, 4) is 0 Å². The summed E-state index contributed by atoms with van der Waals surface area (Å²) in [7, 11) is 3.72. The molecule has 0 radical (unpaired) electrons. The van der Waals surface area contributed by atoms with E-state index < -0.39 is 12.0 Å². The summed E-state index contributed by atoms with van der Waals surface area (Å²) < 4.78 is 0. The van der Waals surface area contributed by atoms with Crippen molar-refractivity contribution in [3.05, 3.63) is 47.5 Å². The molecule has 0 heterocycles. The van der Waals surface area contributed by atoms with E-state index in [1.165, 1.54) is 5.56 Å². The van der Waals surface area contributed by atoms with Gasteiger partial charge in [0.25, 0.3) is 0 Å². The van der Waals surface area contributed by atoms with Crippen LogP contribution in [0.5, 0.6) is 0 Å². The highest BCUT2D eigenvalue weighted by Crippen LogP contribution is 2.28. The van der Waals surface area contributed by atoms with Crippen LogP contribution in [-0.4, -0.2) is 60.6 Å². The Bertz CT molecular complexity index is 810. The van der Waals surface area contributed by atoms with Crippen LogP contribution in [0.1, 0.15) is 61.0 Å². The van der Waals surface area contributed by atoms with Crippen LogP contribution in [0.4, 0.5) is 0 Å². The van der Waals surface area contributed by atoms with Crippen LogP contribution in [0.15, 0.2) is 42.0 Å². The Balaban J connectivity index is 3.15. The average molecular weight is 460 g/mol. The average Bonchev–Trinajstić information content (AvgIpc) is 2.73. The quantitative estimate of drug-likeness (QED) is 0.435. The SMILES string of the molecule is CN[C@H](CNC(C(=O)N(C)[C@H](/C=C(\C)C(=O)O)C(C)C)C(C)(C)C)C(C)(C)c1ccccc1. The van der Waals surface area contributed by atoms with Gasteiger partial charge in [-0.1, -0.05) is 84.9 Å². The molecule has 0 saturated heterocycles. The van der Waals surface area contributed by atoms with Gasteiger partial charge in [0.15, 0.2) is 0 Å². The van der Waals surface area contributed by atoms with Gasteiger partial charge < -0.3 is 20.6 Å². The summed E-state index contributed by atoms with van der Waals surface area (Å²) in [5, 5.41) is 16.3. The van der Waals surface area contributed by atoms with E-state index >= 15 is 0 Å². The van der Waals surface area contributed by atoms with E-state index in [4.69, 9.17) is 0 Å². The molecule has 1 unspecified atom stereocenters. The zero-order valence-electron chi connectivity index (χ0n) is 22.2. The molecule has 0 aromatic heterocycles. The second-order valence-electron chi connectivity index (χ2n) is 11.0. The largest absolute Gasteiger partial charge is 0.478 e. The number of hydrogen-bond acceptors (Lipinski definition) is 4. The summed E-state index contributed by atoms with van der Waals surface area (Å²) >= 11 is 0. The normalized spacial score (nSPS) is 15.8. The van der Waals surface area contributed by atoms with Crippen LogP contribution < -0.4 is 10.6 Å². The molecule has 0 aliphatic carbocycles. The van der Waals surface area contributed by atoms with Crippen LogP contribution >= 0.6 is 0 Å². The number of aliphatic carboxylic acids is 1. The summed E-state index contributed by atoms with van der Waals surface area (Å²) in [6.45, 7) is 16.7. The highest BCUT2D eigenvalue weighted by molar-refractivity contribution is 5.86. The lowest BCUT2D eigenvalue weighted by atomic mass is 9.77. The Morgan fingerprint density at radius 3 is 2.06 bits per heavy atom. The number of likely N-dealkylation sites (N-methyl/N-ethyl adjacent to an activating group) is 2. The Kier molecular flexibility index (Phi) is 10.3. The maximum absolute atomic E-state index is 13.7. The first kappa shape index (κ1) is 28.9. The van der Waals surface area contributed by atoms with Crippen LogP contribution in [0.2, 0.25) is 0 Å². The third-order valence-corrected chi connectivity index (χ3v) is 6.61. The molecule has 0 aliphatic rings. The van der Waals surface area contributed by atoms with Crippen molar-refractivity contribution in [1.82, 2.24) is 15.5 Å². The molecule has 0 spiro atoms.